The molecule has 1 N–H and O–H groups in total. The van der Waals surface area contributed by atoms with E-state index >= 15 is 0 Å². The number of carbonyl (C=O) groups excluding carboxylic acids is 2. The molecule has 2 aromatic carbocycles. The van der Waals surface area contributed by atoms with Crippen molar-refractivity contribution in [3.63, 3.8) is 0 Å². The van der Waals surface area contributed by atoms with E-state index in [1.54, 1.807) is 25.1 Å². The molecule has 3 rings (SSSR count). The minimum absolute atomic E-state index is 0.0776. The maximum Gasteiger partial charge on any atom is 0.325 e. The van der Waals surface area contributed by atoms with E-state index < -0.39 is 22.4 Å². The number of hydrogen-bond acceptors (Lipinski definition) is 4. The molecule has 0 bridgehead atoms. The van der Waals surface area contributed by atoms with Crippen LogP contribution < -0.4 is 5.32 Å². The Hall–Kier alpha value is -2.64. The van der Waals surface area contributed by atoms with Gasteiger partial charge in [-0.15, -0.1) is 0 Å². The van der Waals surface area contributed by atoms with Crippen molar-refractivity contribution < 1.29 is 14.5 Å². The van der Waals surface area contributed by atoms with Crippen molar-refractivity contribution in [2.24, 2.45) is 0 Å². The van der Waals surface area contributed by atoms with Gasteiger partial charge in [-0.1, -0.05) is 29.3 Å². The van der Waals surface area contributed by atoms with Crippen LogP contribution in [0.2, 0.25) is 10.0 Å². The van der Waals surface area contributed by atoms with Crippen molar-refractivity contribution in [1.29, 1.82) is 0 Å². The topological polar surface area (TPSA) is 92.6 Å². The molecule has 1 aliphatic heterocycles. The van der Waals surface area contributed by atoms with Gasteiger partial charge in [0.1, 0.15) is 5.54 Å². The van der Waals surface area contributed by atoms with Gasteiger partial charge < -0.3 is 5.32 Å². The first-order chi connectivity index (χ1) is 12.2. The molecule has 26 heavy (non-hydrogen) atoms. The van der Waals surface area contributed by atoms with E-state index in [9.17, 15) is 19.7 Å². The van der Waals surface area contributed by atoms with E-state index in [1.165, 1.54) is 24.3 Å². The first-order valence-electron chi connectivity index (χ1n) is 7.56. The van der Waals surface area contributed by atoms with Crippen LogP contribution in [0, 0.1) is 10.1 Å². The molecule has 0 radical (unpaired) electrons. The molecule has 3 amide bonds. The molecule has 0 aliphatic carbocycles. The largest absolute Gasteiger partial charge is 0.325 e. The summed E-state index contributed by atoms with van der Waals surface area (Å²) < 4.78 is 0. The summed E-state index contributed by atoms with van der Waals surface area (Å²) >= 11 is 12.2. The zero-order chi connectivity index (χ0) is 19.1. The normalized spacial score (nSPS) is 19.6. The van der Waals surface area contributed by atoms with Gasteiger partial charge in [0, 0.05) is 27.7 Å². The van der Waals surface area contributed by atoms with Crippen LogP contribution in [0.15, 0.2) is 42.5 Å². The molecular formula is C17H13Cl2N3O4. The molecule has 134 valence electrons. The van der Waals surface area contributed by atoms with Gasteiger partial charge in [-0.2, -0.15) is 0 Å². The van der Waals surface area contributed by atoms with Crippen LogP contribution in [0.4, 0.5) is 10.5 Å². The van der Waals surface area contributed by atoms with Gasteiger partial charge in [0.25, 0.3) is 11.6 Å². The van der Waals surface area contributed by atoms with Crippen molar-refractivity contribution in [3.05, 3.63) is 73.8 Å². The Balaban J connectivity index is 1.91. The lowest BCUT2D eigenvalue weighted by molar-refractivity contribution is -0.384. The number of nitro benzene ring substituents is 1. The third kappa shape index (κ3) is 3.00. The van der Waals surface area contributed by atoms with E-state index in [1.807, 2.05) is 0 Å². The molecule has 0 aromatic heterocycles. The van der Waals surface area contributed by atoms with E-state index in [0.29, 0.717) is 21.2 Å². The Morgan fingerprint density at radius 3 is 2.23 bits per heavy atom. The lowest BCUT2D eigenvalue weighted by Crippen LogP contribution is -2.40. The quantitative estimate of drug-likeness (QED) is 0.484. The highest BCUT2D eigenvalue weighted by atomic mass is 35.5. The van der Waals surface area contributed by atoms with E-state index in [2.05, 4.69) is 5.32 Å². The number of nitro groups is 1. The molecule has 9 heteroatoms. The minimum Gasteiger partial charge on any atom is -0.319 e. The van der Waals surface area contributed by atoms with Gasteiger partial charge in [0.15, 0.2) is 0 Å². The molecule has 1 heterocycles. The summed E-state index contributed by atoms with van der Waals surface area (Å²) in [6, 6.07) is 9.78. The Morgan fingerprint density at radius 2 is 1.69 bits per heavy atom. The third-order valence-electron chi connectivity index (χ3n) is 4.31. The number of nitrogens with zero attached hydrogens (tertiary/aromatic N) is 2. The van der Waals surface area contributed by atoms with Crippen LogP contribution in [0.25, 0.3) is 0 Å². The maximum absolute atomic E-state index is 12.9. The summed E-state index contributed by atoms with van der Waals surface area (Å²) in [4.78, 5) is 36.6. The Bertz CT molecular complexity index is 896. The van der Waals surface area contributed by atoms with Gasteiger partial charge >= 0.3 is 6.03 Å². The lowest BCUT2D eigenvalue weighted by Gasteiger charge is -2.22. The van der Waals surface area contributed by atoms with Crippen molar-refractivity contribution in [2.45, 2.75) is 19.0 Å². The van der Waals surface area contributed by atoms with Crippen molar-refractivity contribution in [2.75, 3.05) is 0 Å². The molecule has 1 saturated heterocycles. The number of non-ortho nitro benzene ring substituents is 1. The van der Waals surface area contributed by atoms with Crippen LogP contribution >= 0.6 is 23.2 Å². The summed E-state index contributed by atoms with van der Waals surface area (Å²) in [5.41, 5.74) is -0.532. The van der Waals surface area contributed by atoms with Gasteiger partial charge in [-0.3, -0.25) is 19.8 Å². The van der Waals surface area contributed by atoms with Crippen LogP contribution in [-0.2, 0) is 16.9 Å². The fourth-order valence-electron chi connectivity index (χ4n) is 2.79. The second-order valence-corrected chi connectivity index (χ2v) is 6.77. The smallest absolute Gasteiger partial charge is 0.319 e. The fraction of sp³-hybridized carbons (Fsp3) is 0.176. The molecule has 2 aromatic rings. The molecule has 0 spiro atoms. The predicted molar refractivity (Wildman–Crippen MR) is 96.0 cm³/mol. The summed E-state index contributed by atoms with van der Waals surface area (Å²) in [6.07, 6.45) is 0. The number of imide groups is 1. The number of nitrogens with one attached hydrogen (secondary N) is 1. The highest BCUT2D eigenvalue weighted by Crippen LogP contribution is 2.33. The zero-order valence-corrected chi connectivity index (χ0v) is 15.0. The Labute approximate surface area is 158 Å². The van der Waals surface area contributed by atoms with E-state index in [-0.39, 0.29) is 12.2 Å². The summed E-state index contributed by atoms with van der Waals surface area (Å²) in [5, 5.41) is 14.1. The number of rotatable bonds is 4. The van der Waals surface area contributed by atoms with Crippen LogP contribution in [0.5, 0.6) is 0 Å². The number of carbonyl (C=O) groups is 2. The second-order valence-electron chi connectivity index (χ2n) is 5.95. The van der Waals surface area contributed by atoms with Gasteiger partial charge in [0.2, 0.25) is 0 Å². The summed E-state index contributed by atoms with van der Waals surface area (Å²) in [7, 11) is 0. The van der Waals surface area contributed by atoms with E-state index in [0.717, 1.165) is 4.90 Å². The van der Waals surface area contributed by atoms with Crippen LogP contribution in [0.1, 0.15) is 18.1 Å². The van der Waals surface area contributed by atoms with Crippen molar-refractivity contribution in [1.82, 2.24) is 10.2 Å². The van der Waals surface area contributed by atoms with Gasteiger partial charge in [0.05, 0.1) is 11.5 Å². The third-order valence-corrected chi connectivity index (χ3v) is 5.02. The monoisotopic (exact) mass is 393 g/mol. The van der Waals surface area contributed by atoms with Crippen molar-refractivity contribution >= 4 is 40.8 Å². The highest BCUT2D eigenvalue weighted by molar-refractivity contribution is 6.36. The molecule has 7 nitrogen and oxygen atoms in total. The number of benzene rings is 2. The molecule has 1 atom stereocenters. The minimum atomic E-state index is -1.33. The molecule has 1 fully saturated rings. The first-order valence-corrected chi connectivity index (χ1v) is 8.31. The summed E-state index contributed by atoms with van der Waals surface area (Å²) in [6.45, 7) is 1.47. The average Bonchev–Trinajstić information content (AvgIpc) is 2.82. The summed E-state index contributed by atoms with van der Waals surface area (Å²) in [5.74, 6) is -0.493. The maximum atomic E-state index is 12.9. The number of urea groups is 1. The zero-order valence-electron chi connectivity index (χ0n) is 13.5. The predicted octanol–water partition coefficient (Wildman–Crippen LogP) is 3.87. The first kappa shape index (κ1) is 18.2. The van der Waals surface area contributed by atoms with Crippen LogP contribution in [0.3, 0.4) is 0 Å². The molecular weight excluding hydrogens is 381 g/mol. The highest BCUT2D eigenvalue weighted by Gasteiger charge is 2.49. The Kier molecular flexibility index (Phi) is 4.60. The standard InChI is InChI=1S/C17H13Cl2N3O4/c1-17(10-5-7-11(8-6-10)22(25)26)15(23)21(16(24)20-17)9-12-13(18)3-2-4-14(12)19/h2-8H,9H2,1H3,(H,20,24)/t17-/m1/s1. The van der Waals surface area contributed by atoms with Crippen LogP contribution in [-0.4, -0.2) is 21.8 Å². The number of halogens is 2. The molecule has 0 unspecified atom stereocenters. The lowest BCUT2D eigenvalue weighted by atomic mass is 9.92. The van der Waals surface area contributed by atoms with Gasteiger partial charge in [-0.25, -0.2) is 4.79 Å². The Morgan fingerprint density at radius 1 is 1.12 bits per heavy atom. The van der Waals surface area contributed by atoms with Crippen molar-refractivity contribution in [3.8, 4) is 0 Å². The van der Waals surface area contributed by atoms with Gasteiger partial charge in [-0.05, 0) is 36.8 Å². The number of hydrogen-bond donors (Lipinski definition) is 1. The fourth-order valence-corrected chi connectivity index (χ4v) is 3.31. The second kappa shape index (κ2) is 6.59. The average molecular weight is 394 g/mol. The molecule has 0 saturated carbocycles. The van der Waals surface area contributed by atoms with E-state index in [4.69, 9.17) is 23.2 Å². The molecule has 1 aliphatic rings. The number of amides is 3. The SMILES string of the molecule is C[C@]1(c2ccc([N+](=O)[O-])cc2)NC(=O)N(Cc2c(Cl)cccc2Cl)C1=O.